The van der Waals surface area contributed by atoms with Gasteiger partial charge in [0, 0.05) is 29.2 Å². The average molecular weight is 319 g/mol. The molecule has 0 radical (unpaired) electrons. The Morgan fingerprint density at radius 1 is 1.36 bits per heavy atom. The number of amides is 1. The Kier molecular flexibility index (Phi) is 4.71. The summed E-state index contributed by atoms with van der Waals surface area (Å²) in [6.45, 7) is 5.74. The third-order valence-corrected chi connectivity index (χ3v) is 3.36. The lowest BCUT2D eigenvalue weighted by molar-refractivity contribution is -0.120. The lowest BCUT2D eigenvalue weighted by Crippen LogP contribution is -2.23. The Balaban J connectivity index is 2.08. The summed E-state index contributed by atoms with van der Waals surface area (Å²) in [7, 11) is 0. The van der Waals surface area contributed by atoms with Crippen molar-refractivity contribution in [1.29, 1.82) is 0 Å². The van der Waals surface area contributed by atoms with Crippen LogP contribution in [-0.4, -0.2) is 26.6 Å². The summed E-state index contributed by atoms with van der Waals surface area (Å²) in [6.07, 6.45) is 1.89. The Labute approximate surface area is 131 Å². The Morgan fingerprint density at radius 2 is 2.09 bits per heavy atom. The molecule has 0 aliphatic carbocycles. The Morgan fingerprint density at radius 3 is 2.68 bits per heavy atom. The smallest absolute Gasteiger partial charge is 0.251 e. The average Bonchev–Trinajstić information content (AvgIpc) is 2.74. The number of hydrazone groups is 1. The van der Waals surface area contributed by atoms with E-state index in [-0.39, 0.29) is 22.7 Å². The van der Waals surface area contributed by atoms with E-state index in [0.29, 0.717) is 11.4 Å². The van der Waals surface area contributed by atoms with Crippen LogP contribution in [0.3, 0.4) is 0 Å². The highest BCUT2D eigenvalue weighted by molar-refractivity contribution is 7.71. The predicted octanol–water partition coefficient (Wildman–Crippen LogP) is 1.46. The molecule has 0 aliphatic rings. The van der Waals surface area contributed by atoms with Gasteiger partial charge in [-0.05, 0) is 38.6 Å². The van der Waals surface area contributed by atoms with Crippen LogP contribution < -0.4 is 11.0 Å². The van der Waals surface area contributed by atoms with E-state index in [1.165, 1.54) is 6.07 Å². The molecule has 116 valence electrons. The van der Waals surface area contributed by atoms with E-state index in [1.54, 1.807) is 0 Å². The summed E-state index contributed by atoms with van der Waals surface area (Å²) in [5.41, 5.74) is 6.32. The second kappa shape index (κ2) is 6.52. The molecule has 4 N–H and O–H groups in total. The third-order valence-electron chi connectivity index (χ3n) is 3.15. The maximum atomic E-state index is 11.9. The molecule has 0 atom stereocenters. The van der Waals surface area contributed by atoms with Crippen molar-refractivity contribution in [3.63, 3.8) is 0 Å². The lowest BCUT2D eigenvalue weighted by Gasteiger charge is -2.04. The van der Waals surface area contributed by atoms with E-state index in [0.717, 1.165) is 16.8 Å². The van der Waals surface area contributed by atoms with Crippen LogP contribution >= 0.6 is 12.2 Å². The number of aromatic nitrogens is 3. The highest BCUT2D eigenvalue weighted by atomic mass is 32.1. The number of hydrogen-bond donors (Lipinski definition) is 4. The van der Waals surface area contributed by atoms with Crippen LogP contribution in [0.1, 0.15) is 29.4 Å². The van der Waals surface area contributed by atoms with E-state index < -0.39 is 0 Å². The van der Waals surface area contributed by atoms with E-state index in [4.69, 9.17) is 12.2 Å². The molecule has 22 heavy (non-hydrogen) atoms. The van der Waals surface area contributed by atoms with Crippen LogP contribution in [0.5, 0.6) is 0 Å². The maximum absolute atomic E-state index is 11.9. The fourth-order valence-corrected chi connectivity index (χ4v) is 2.47. The SMILES string of the molecule is C/C(=N\NC(=O)Cc1cc(=O)[nH]c(=S)[nH]1)c1c(C)c[nH]c1C. The minimum atomic E-state index is -0.343. The minimum absolute atomic E-state index is 0.00452. The van der Waals surface area contributed by atoms with Gasteiger partial charge in [-0.2, -0.15) is 5.10 Å². The van der Waals surface area contributed by atoms with Gasteiger partial charge in [0.25, 0.3) is 5.56 Å². The van der Waals surface area contributed by atoms with Crippen molar-refractivity contribution < 1.29 is 4.79 Å². The van der Waals surface area contributed by atoms with Gasteiger partial charge in [-0.1, -0.05) is 0 Å². The quantitative estimate of drug-likeness (QED) is 0.389. The van der Waals surface area contributed by atoms with Crippen molar-refractivity contribution in [2.24, 2.45) is 5.10 Å². The standard InChI is InChI=1S/C14H17N5O2S/c1-7-6-15-8(2)13(7)9(3)18-19-12(21)5-10-4-11(20)17-14(22)16-10/h4,6,15H,5H2,1-3H3,(H,19,21)(H2,16,17,20,22)/b18-9+. The van der Waals surface area contributed by atoms with Crippen LogP contribution in [0, 0.1) is 18.6 Å². The number of hydrogen-bond acceptors (Lipinski definition) is 4. The summed E-state index contributed by atoms with van der Waals surface area (Å²) in [5, 5.41) is 4.10. The van der Waals surface area contributed by atoms with Crippen LogP contribution in [0.15, 0.2) is 22.2 Å². The van der Waals surface area contributed by atoms with Crippen molar-refractivity contribution >= 4 is 23.8 Å². The van der Waals surface area contributed by atoms with Gasteiger partial charge in [0.2, 0.25) is 5.91 Å². The molecular formula is C14H17N5O2S. The van der Waals surface area contributed by atoms with Crippen LogP contribution in [0.2, 0.25) is 0 Å². The van der Waals surface area contributed by atoms with E-state index in [2.05, 4.69) is 25.5 Å². The minimum Gasteiger partial charge on any atom is -0.364 e. The fourth-order valence-electron chi connectivity index (χ4n) is 2.24. The Hall–Kier alpha value is -2.48. The third kappa shape index (κ3) is 3.79. The predicted molar refractivity (Wildman–Crippen MR) is 86.6 cm³/mol. The molecule has 2 aromatic heterocycles. The van der Waals surface area contributed by atoms with Gasteiger partial charge in [-0.3, -0.25) is 14.6 Å². The maximum Gasteiger partial charge on any atom is 0.251 e. The van der Waals surface area contributed by atoms with Crippen molar-refractivity contribution in [1.82, 2.24) is 20.4 Å². The summed E-state index contributed by atoms with van der Waals surface area (Å²) < 4.78 is 0.188. The number of aromatic amines is 3. The molecule has 0 unspecified atom stereocenters. The molecule has 0 aromatic carbocycles. The van der Waals surface area contributed by atoms with Gasteiger partial charge in [-0.25, -0.2) is 5.43 Å². The van der Waals surface area contributed by atoms with Crippen LogP contribution in [-0.2, 0) is 11.2 Å². The molecule has 0 saturated carbocycles. The summed E-state index contributed by atoms with van der Waals surface area (Å²) >= 11 is 4.85. The molecule has 0 bridgehead atoms. The molecule has 0 aliphatic heterocycles. The van der Waals surface area contributed by atoms with Gasteiger partial charge in [0.1, 0.15) is 0 Å². The van der Waals surface area contributed by atoms with Crippen molar-refractivity contribution in [3.8, 4) is 0 Å². The van der Waals surface area contributed by atoms with Gasteiger partial charge < -0.3 is 9.97 Å². The van der Waals surface area contributed by atoms with Gasteiger partial charge >= 0.3 is 0 Å². The first-order valence-electron chi connectivity index (χ1n) is 6.67. The zero-order chi connectivity index (χ0) is 16.3. The highest BCUT2D eigenvalue weighted by Gasteiger charge is 2.09. The van der Waals surface area contributed by atoms with Crippen molar-refractivity contribution in [2.75, 3.05) is 0 Å². The molecule has 0 saturated heterocycles. The van der Waals surface area contributed by atoms with E-state index >= 15 is 0 Å². The first-order chi connectivity index (χ1) is 10.4. The molecule has 0 spiro atoms. The Bertz CT molecular complexity index is 796. The fraction of sp³-hybridized carbons (Fsp3) is 0.286. The normalized spacial score (nSPS) is 11.5. The number of carbonyl (C=O) groups excluding carboxylic acids is 1. The van der Waals surface area contributed by atoms with Crippen LogP contribution in [0.4, 0.5) is 0 Å². The van der Waals surface area contributed by atoms with Crippen LogP contribution in [0.25, 0.3) is 0 Å². The van der Waals surface area contributed by atoms with Gasteiger partial charge in [-0.15, -0.1) is 0 Å². The number of nitrogens with zero attached hydrogens (tertiary/aromatic N) is 1. The number of rotatable bonds is 4. The zero-order valence-electron chi connectivity index (χ0n) is 12.5. The second-order valence-electron chi connectivity index (χ2n) is 4.99. The van der Waals surface area contributed by atoms with Gasteiger partial charge in [0.05, 0.1) is 12.1 Å². The number of aryl methyl sites for hydroxylation is 2. The summed E-state index contributed by atoms with van der Waals surface area (Å²) in [6, 6.07) is 1.30. The first-order valence-corrected chi connectivity index (χ1v) is 7.08. The molecular weight excluding hydrogens is 302 g/mol. The molecule has 7 nitrogen and oxygen atoms in total. The van der Waals surface area contributed by atoms with Crippen molar-refractivity contribution in [2.45, 2.75) is 27.2 Å². The van der Waals surface area contributed by atoms with E-state index in [1.807, 2.05) is 27.0 Å². The topological polar surface area (TPSA) is 106 Å². The monoisotopic (exact) mass is 319 g/mol. The summed E-state index contributed by atoms with van der Waals surface area (Å²) in [4.78, 5) is 31.4. The second-order valence-corrected chi connectivity index (χ2v) is 5.40. The molecule has 1 amide bonds. The zero-order valence-corrected chi connectivity index (χ0v) is 13.4. The van der Waals surface area contributed by atoms with E-state index in [9.17, 15) is 9.59 Å². The number of H-pyrrole nitrogens is 3. The first kappa shape index (κ1) is 15.9. The molecule has 2 heterocycles. The largest absolute Gasteiger partial charge is 0.364 e. The molecule has 8 heteroatoms. The molecule has 2 rings (SSSR count). The lowest BCUT2D eigenvalue weighted by atomic mass is 10.1. The molecule has 0 fully saturated rings. The number of carbonyl (C=O) groups is 1. The summed E-state index contributed by atoms with van der Waals surface area (Å²) in [5.74, 6) is -0.332. The van der Waals surface area contributed by atoms with Gasteiger partial charge in [0.15, 0.2) is 4.77 Å². The van der Waals surface area contributed by atoms with Crippen molar-refractivity contribution in [3.05, 3.63) is 49.9 Å². The highest BCUT2D eigenvalue weighted by Crippen LogP contribution is 2.12. The number of nitrogens with one attached hydrogen (secondary N) is 4. The molecule has 2 aromatic rings.